The van der Waals surface area contributed by atoms with Crippen LogP contribution >= 0.6 is 0 Å². The molecule has 0 amide bonds. The molecule has 0 aliphatic carbocycles. The lowest BCUT2D eigenvalue weighted by atomic mass is 10.1. The molecule has 0 aliphatic heterocycles. The Bertz CT molecular complexity index is 638. The smallest absolute Gasteiger partial charge is 0.330 e. The van der Waals surface area contributed by atoms with E-state index < -0.39 is 5.97 Å². The summed E-state index contributed by atoms with van der Waals surface area (Å²) in [7, 11) is 3.17. The number of aromatic nitrogens is 1. The molecule has 1 heterocycles. The number of nitrogens with zero attached hydrogens (tertiary/aromatic N) is 1. The summed E-state index contributed by atoms with van der Waals surface area (Å²) in [5.74, 6) is -0.447. The standard InChI is InChI=1S/C14H13NO3/c1-15-12-6-4-3-5-10(12)11(9-16)13(15)7-8-14(17)18-2/h3-9H,1-2H3/b8-7+. The zero-order valence-corrected chi connectivity index (χ0v) is 10.2. The van der Waals surface area contributed by atoms with Crippen LogP contribution in [0.15, 0.2) is 30.3 Å². The fourth-order valence-electron chi connectivity index (χ4n) is 1.98. The van der Waals surface area contributed by atoms with E-state index in [1.165, 1.54) is 13.2 Å². The van der Waals surface area contributed by atoms with Crippen LogP contribution in [0.4, 0.5) is 0 Å². The normalized spacial score (nSPS) is 11.0. The molecule has 92 valence electrons. The van der Waals surface area contributed by atoms with E-state index in [2.05, 4.69) is 4.74 Å². The number of hydrogen-bond donors (Lipinski definition) is 0. The molecule has 0 spiro atoms. The van der Waals surface area contributed by atoms with Gasteiger partial charge in [-0.1, -0.05) is 18.2 Å². The lowest BCUT2D eigenvalue weighted by molar-refractivity contribution is -0.134. The van der Waals surface area contributed by atoms with Crippen molar-refractivity contribution in [2.75, 3.05) is 7.11 Å². The zero-order chi connectivity index (χ0) is 13.1. The van der Waals surface area contributed by atoms with Gasteiger partial charge < -0.3 is 9.30 Å². The topological polar surface area (TPSA) is 48.3 Å². The molecule has 0 saturated heterocycles. The van der Waals surface area contributed by atoms with Crippen LogP contribution in [0.3, 0.4) is 0 Å². The van der Waals surface area contributed by atoms with E-state index in [0.29, 0.717) is 11.3 Å². The Morgan fingerprint density at radius 2 is 2.06 bits per heavy atom. The minimum Gasteiger partial charge on any atom is -0.466 e. The van der Waals surface area contributed by atoms with Crippen LogP contribution in [0.2, 0.25) is 0 Å². The first-order valence-corrected chi connectivity index (χ1v) is 5.47. The van der Waals surface area contributed by atoms with Gasteiger partial charge >= 0.3 is 5.97 Å². The number of benzene rings is 1. The highest BCUT2D eigenvalue weighted by Crippen LogP contribution is 2.24. The van der Waals surface area contributed by atoms with Gasteiger partial charge in [0, 0.05) is 29.6 Å². The van der Waals surface area contributed by atoms with Crippen molar-refractivity contribution in [3.63, 3.8) is 0 Å². The third-order valence-corrected chi connectivity index (χ3v) is 2.89. The Hall–Kier alpha value is -2.36. The van der Waals surface area contributed by atoms with Crippen molar-refractivity contribution in [2.24, 2.45) is 7.05 Å². The molecule has 0 unspecified atom stereocenters. The quantitative estimate of drug-likeness (QED) is 0.471. The van der Waals surface area contributed by atoms with E-state index >= 15 is 0 Å². The van der Waals surface area contributed by atoms with Crippen LogP contribution in [0.25, 0.3) is 17.0 Å². The predicted octanol–water partition coefficient (Wildman–Crippen LogP) is 2.18. The number of aryl methyl sites for hydroxylation is 1. The highest BCUT2D eigenvalue weighted by molar-refractivity contribution is 6.02. The second-order valence-electron chi connectivity index (χ2n) is 3.85. The average molecular weight is 243 g/mol. The van der Waals surface area contributed by atoms with Gasteiger partial charge in [0.15, 0.2) is 6.29 Å². The van der Waals surface area contributed by atoms with Crippen LogP contribution in [-0.4, -0.2) is 23.9 Å². The summed E-state index contributed by atoms with van der Waals surface area (Å²) in [6.45, 7) is 0. The van der Waals surface area contributed by atoms with Gasteiger partial charge in [0.1, 0.15) is 0 Å². The van der Waals surface area contributed by atoms with E-state index in [1.54, 1.807) is 6.08 Å². The molecule has 18 heavy (non-hydrogen) atoms. The molecular weight excluding hydrogens is 230 g/mol. The first-order chi connectivity index (χ1) is 8.69. The second-order valence-corrected chi connectivity index (χ2v) is 3.85. The van der Waals surface area contributed by atoms with E-state index in [1.807, 2.05) is 35.9 Å². The fourth-order valence-corrected chi connectivity index (χ4v) is 1.98. The summed E-state index contributed by atoms with van der Waals surface area (Å²) >= 11 is 0. The number of fused-ring (bicyclic) bond motifs is 1. The van der Waals surface area contributed by atoms with Gasteiger partial charge in [0.2, 0.25) is 0 Å². The van der Waals surface area contributed by atoms with Gasteiger partial charge in [0.05, 0.1) is 12.8 Å². The number of rotatable bonds is 3. The van der Waals surface area contributed by atoms with Crippen molar-refractivity contribution in [1.82, 2.24) is 4.57 Å². The molecule has 4 heteroatoms. The van der Waals surface area contributed by atoms with Crippen molar-refractivity contribution >= 4 is 29.2 Å². The Morgan fingerprint density at radius 3 is 2.72 bits per heavy atom. The van der Waals surface area contributed by atoms with Gasteiger partial charge in [-0.3, -0.25) is 4.79 Å². The number of ether oxygens (including phenoxy) is 1. The molecule has 1 aromatic carbocycles. The fraction of sp³-hybridized carbons (Fsp3) is 0.143. The first-order valence-electron chi connectivity index (χ1n) is 5.47. The molecular formula is C14H13NO3. The third-order valence-electron chi connectivity index (χ3n) is 2.89. The van der Waals surface area contributed by atoms with E-state index in [0.717, 1.165) is 17.2 Å². The summed E-state index contributed by atoms with van der Waals surface area (Å²) in [6, 6.07) is 7.60. The molecule has 0 fully saturated rings. The zero-order valence-electron chi connectivity index (χ0n) is 10.2. The summed E-state index contributed by atoms with van der Waals surface area (Å²) in [6.07, 6.45) is 3.70. The van der Waals surface area contributed by atoms with Gasteiger partial charge in [-0.2, -0.15) is 0 Å². The van der Waals surface area contributed by atoms with Crippen molar-refractivity contribution in [2.45, 2.75) is 0 Å². The molecule has 1 aromatic heterocycles. The van der Waals surface area contributed by atoms with Gasteiger partial charge in [-0.05, 0) is 12.1 Å². The summed E-state index contributed by atoms with van der Waals surface area (Å²) in [5.41, 5.74) is 2.22. The Kier molecular flexibility index (Phi) is 3.28. The summed E-state index contributed by atoms with van der Waals surface area (Å²) in [4.78, 5) is 22.3. The third kappa shape index (κ3) is 1.93. The number of aldehydes is 1. The predicted molar refractivity (Wildman–Crippen MR) is 69.4 cm³/mol. The van der Waals surface area contributed by atoms with Crippen molar-refractivity contribution in [3.8, 4) is 0 Å². The maximum Gasteiger partial charge on any atom is 0.330 e. The summed E-state index contributed by atoms with van der Waals surface area (Å²) < 4.78 is 6.41. The maximum absolute atomic E-state index is 11.2. The molecule has 0 atom stereocenters. The second kappa shape index (κ2) is 4.87. The van der Waals surface area contributed by atoms with E-state index in [9.17, 15) is 9.59 Å². The maximum atomic E-state index is 11.2. The van der Waals surface area contributed by atoms with Crippen LogP contribution in [-0.2, 0) is 16.6 Å². The Labute approximate surface area is 104 Å². The van der Waals surface area contributed by atoms with Gasteiger partial charge in [0.25, 0.3) is 0 Å². The molecule has 0 saturated carbocycles. The highest BCUT2D eigenvalue weighted by Gasteiger charge is 2.11. The molecule has 0 aliphatic rings. The molecule has 4 nitrogen and oxygen atoms in total. The number of hydrogen-bond acceptors (Lipinski definition) is 3. The molecule has 0 radical (unpaired) electrons. The first kappa shape index (κ1) is 12.1. The van der Waals surface area contributed by atoms with Crippen LogP contribution in [0, 0.1) is 0 Å². The Balaban J connectivity index is 2.63. The Morgan fingerprint density at radius 1 is 1.33 bits per heavy atom. The largest absolute Gasteiger partial charge is 0.466 e. The molecule has 0 N–H and O–H groups in total. The van der Waals surface area contributed by atoms with E-state index in [4.69, 9.17) is 0 Å². The number of methoxy groups -OCH3 is 1. The van der Waals surface area contributed by atoms with Crippen LogP contribution < -0.4 is 0 Å². The van der Waals surface area contributed by atoms with Crippen LogP contribution in [0.1, 0.15) is 16.1 Å². The molecule has 2 aromatic rings. The lowest BCUT2D eigenvalue weighted by Crippen LogP contribution is -1.96. The number of para-hydroxylation sites is 1. The monoisotopic (exact) mass is 243 g/mol. The van der Waals surface area contributed by atoms with Crippen molar-refractivity contribution < 1.29 is 14.3 Å². The summed E-state index contributed by atoms with van der Waals surface area (Å²) in [5, 5.41) is 0.875. The minimum atomic E-state index is -0.447. The average Bonchev–Trinajstić information content (AvgIpc) is 2.69. The SMILES string of the molecule is COC(=O)/C=C/c1c(C=O)c2ccccc2n1C. The number of carbonyl (C=O) groups excluding carboxylic acids is 2. The van der Waals surface area contributed by atoms with Crippen molar-refractivity contribution in [1.29, 1.82) is 0 Å². The van der Waals surface area contributed by atoms with Gasteiger partial charge in [-0.15, -0.1) is 0 Å². The highest BCUT2D eigenvalue weighted by atomic mass is 16.5. The number of esters is 1. The number of carbonyl (C=O) groups is 2. The van der Waals surface area contributed by atoms with E-state index in [-0.39, 0.29) is 0 Å². The molecule has 2 rings (SSSR count). The van der Waals surface area contributed by atoms with Crippen LogP contribution in [0.5, 0.6) is 0 Å². The lowest BCUT2D eigenvalue weighted by Gasteiger charge is -1.99. The minimum absolute atomic E-state index is 0.447. The molecule has 0 bridgehead atoms. The van der Waals surface area contributed by atoms with Crippen molar-refractivity contribution in [3.05, 3.63) is 41.6 Å². The van der Waals surface area contributed by atoms with Gasteiger partial charge in [-0.25, -0.2) is 4.79 Å².